The van der Waals surface area contributed by atoms with Crippen LogP contribution < -0.4 is 5.73 Å². The van der Waals surface area contributed by atoms with Crippen LogP contribution in [0.4, 0.5) is 0 Å². The zero-order valence-electron chi connectivity index (χ0n) is 11.6. The van der Waals surface area contributed by atoms with Gasteiger partial charge in [0.15, 0.2) is 9.84 Å². The van der Waals surface area contributed by atoms with Gasteiger partial charge in [0.05, 0.1) is 10.5 Å². The van der Waals surface area contributed by atoms with Crippen molar-refractivity contribution in [2.75, 3.05) is 18.8 Å². The molecular formula is C12H24N2O3S. The van der Waals surface area contributed by atoms with Gasteiger partial charge in [-0.2, -0.15) is 0 Å². The first-order chi connectivity index (χ1) is 8.04. The Balaban J connectivity index is 2.62. The van der Waals surface area contributed by atoms with Crippen molar-refractivity contribution >= 4 is 15.7 Å². The van der Waals surface area contributed by atoms with Crippen LogP contribution in [0.15, 0.2) is 0 Å². The molecule has 5 nitrogen and oxygen atoms in total. The Bertz CT molecular complexity index is 412. The molecule has 0 spiro atoms. The maximum atomic E-state index is 12.0. The third kappa shape index (κ3) is 3.45. The van der Waals surface area contributed by atoms with Gasteiger partial charge in [-0.3, -0.25) is 4.79 Å². The Morgan fingerprint density at radius 2 is 1.94 bits per heavy atom. The monoisotopic (exact) mass is 276 g/mol. The number of amides is 1. The van der Waals surface area contributed by atoms with E-state index in [4.69, 9.17) is 5.73 Å². The second-order valence-corrected chi connectivity index (χ2v) is 8.98. The van der Waals surface area contributed by atoms with E-state index in [9.17, 15) is 13.2 Å². The van der Waals surface area contributed by atoms with Gasteiger partial charge in [-0.1, -0.05) is 6.92 Å². The van der Waals surface area contributed by atoms with Gasteiger partial charge in [-0.25, -0.2) is 8.42 Å². The number of hydrogen-bond donors (Lipinski definition) is 1. The molecule has 2 N–H and O–H groups in total. The zero-order valence-corrected chi connectivity index (χ0v) is 12.5. The van der Waals surface area contributed by atoms with Crippen molar-refractivity contribution in [2.45, 2.75) is 44.9 Å². The van der Waals surface area contributed by atoms with Crippen LogP contribution in [0.25, 0.3) is 0 Å². The van der Waals surface area contributed by atoms with Crippen LogP contribution in [0.1, 0.15) is 34.1 Å². The molecule has 2 unspecified atom stereocenters. The average molecular weight is 276 g/mol. The molecule has 1 saturated heterocycles. The summed E-state index contributed by atoms with van der Waals surface area (Å²) in [6.45, 7) is 7.68. The Labute approximate surface area is 110 Å². The molecule has 0 aromatic rings. The fourth-order valence-corrected chi connectivity index (χ4v) is 2.92. The molecule has 0 radical (unpaired) electrons. The van der Waals surface area contributed by atoms with E-state index in [-0.39, 0.29) is 30.2 Å². The molecule has 18 heavy (non-hydrogen) atoms. The largest absolute Gasteiger partial charge is 0.340 e. The first-order valence-electron chi connectivity index (χ1n) is 6.30. The Morgan fingerprint density at radius 3 is 2.44 bits per heavy atom. The molecule has 0 saturated carbocycles. The zero-order chi connectivity index (χ0) is 14.1. The number of sulfone groups is 1. The fourth-order valence-electron chi connectivity index (χ4n) is 1.84. The highest BCUT2D eigenvalue weighted by molar-refractivity contribution is 7.92. The quantitative estimate of drug-likeness (QED) is 0.809. The molecule has 0 aliphatic carbocycles. The van der Waals surface area contributed by atoms with E-state index >= 15 is 0 Å². The molecule has 1 aliphatic heterocycles. The van der Waals surface area contributed by atoms with Crippen molar-refractivity contribution in [1.82, 2.24) is 4.90 Å². The standard InChI is InChI=1S/C12H24N2O3S/c1-9-7-11(15)14(8-10(9)13)5-6-18(16,17)12(2,3)4/h9-10H,5-8,13H2,1-4H3. The van der Waals surface area contributed by atoms with E-state index in [0.29, 0.717) is 13.0 Å². The highest BCUT2D eigenvalue weighted by atomic mass is 32.2. The van der Waals surface area contributed by atoms with Crippen LogP contribution in [0, 0.1) is 5.92 Å². The number of nitrogens with zero attached hydrogens (tertiary/aromatic N) is 1. The van der Waals surface area contributed by atoms with E-state index in [1.54, 1.807) is 25.7 Å². The minimum Gasteiger partial charge on any atom is -0.340 e. The number of nitrogens with two attached hydrogens (primary N) is 1. The fraction of sp³-hybridized carbons (Fsp3) is 0.917. The van der Waals surface area contributed by atoms with Crippen molar-refractivity contribution in [1.29, 1.82) is 0 Å². The second-order valence-electron chi connectivity index (χ2n) is 6.12. The summed E-state index contributed by atoms with van der Waals surface area (Å²) in [6, 6.07) is -0.0555. The topological polar surface area (TPSA) is 80.5 Å². The van der Waals surface area contributed by atoms with Gasteiger partial charge in [0.2, 0.25) is 5.91 Å². The van der Waals surface area contributed by atoms with Crippen molar-refractivity contribution < 1.29 is 13.2 Å². The summed E-state index contributed by atoms with van der Waals surface area (Å²) in [7, 11) is -3.19. The van der Waals surface area contributed by atoms with Crippen LogP contribution in [0.2, 0.25) is 0 Å². The molecule has 0 aromatic carbocycles. The Morgan fingerprint density at radius 1 is 1.39 bits per heavy atom. The highest BCUT2D eigenvalue weighted by Crippen LogP contribution is 2.19. The summed E-state index contributed by atoms with van der Waals surface area (Å²) in [4.78, 5) is 13.4. The second kappa shape index (κ2) is 5.17. The van der Waals surface area contributed by atoms with Crippen LogP contribution >= 0.6 is 0 Å². The third-order valence-electron chi connectivity index (χ3n) is 3.57. The molecular weight excluding hydrogens is 252 g/mol. The van der Waals surface area contributed by atoms with Gasteiger partial charge in [0.1, 0.15) is 0 Å². The predicted octanol–water partition coefficient (Wildman–Crippen LogP) is 0.395. The Hall–Kier alpha value is -0.620. The maximum Gasteiger partial charge on any atom is 0.222 e. The van der Waals surface area contributed by atoms with E-state index in [1.807, 2.05) is 6.92 Å². The number of carbonyl (C=O) groups excluding carboxylic acids is 1. The molecule has 106 valence electrons. The summed E-state index contributed by atoms with van der Waals surface area (Å²) < 4.78 is 23.2. The minimum atomic E-state index is -3.19. The summed E-state index contributed by atoms with van der Waals surface area (Å²) in [5, 5.41) is 0. The maximum absolute atomic E-state index is 12.0. The number of carbonyl (C=O) groups is 1. The van der Waals surface area contributed by atoms with Crippen LogP contribution in [-0.2, 0) is 14.6 Å². The van der Waals surface area contributed by atoms with E-state index in [2.05, 4.69) is 0 Å². The van der Waals surface area contributed by atoms with Gasteiger partial charge in [-0.15, -0.1) is 0 Å². The lowest BCUT2D eigenvalue weighted by Crippen LogP contribution is -2.52. The Kier molecular flexibility index (Phi) is 4.43. The van der Waals surface area contributed by atoms with Crippen molar-refractivity contribution in [3.63, 3.8) is 0 Å². The molecule has 1 aliphatic rings. The first kappa shape index (κ1) is 15.4. The lowest BCUT2D eigenvalue weighted by Gasteiger charge is -2.35. The van der Waals surface area contributed by atoms with Crippen LogP contribution in [0.5, 0.6) is 0 Å². The summed E-state index contributed by atoms with van der Waals surface area (Å²) in [5.74, 6) is 0.185. The number of piperidine rings is 1. The molecule has 1 fully saturated rings. The average Bonchev–Trinajstić information content (AvgIpc) is 2.20. The first-order valence-corrected chi connectivity index (χ1v) is 7.95. The molecule has 0 bridgehead atoms. The van der Waals surface area contributed by atoms with Gasteiger partial charge < -0.3 is 10.6 Å². The third-order valence-corrected chi connectivity index (χ3v) is 6.16. The van der Waals surface area contributed by atoms with Crippen molar-refractivity contribution in [3.8, 4) is 0 Å². The molecule has 1 amide bonds. The molecule has 0 aromatic heterocycles. The molecule has 1 heterocycles. The van der Waals surface area contributed by atoms with Gasteiger partial charge >= 0.3 is 0 Å². The molecule has 2 atom stereocenters. The summed E-state index contributed by atoms with van der Waals surface area (Å²) >= 11 is 0. The molecule has 6 heteroatoms. The van der Waals surface area contributed by atoms with Crippen molar-refractivity contribution in [3.05, 3.63) is 0 Å². The van der Waals surface area contributed by atoms with Crippen LogP contribution in [-0.4, -0.2) is 48.9 Å². The molecule has 1 rings (SSSR count). The van der Waals surface area contributed by atoms with Crippen molar-refractivity contribution in [2.24, 2.45) is 11.7 Å². The smallest absolute Gasteiger partial charge is 0.222 e. The van der Waals surface area contributed by atoms with Gasteiger partial charge in [0.25, 0.3) is 0 Å². The minimum absolute atomic E-state index is 0.00331. The lowest BCUT2D eigenvalue weighted by molar-refractivity contribution is -0.135. The van der Waals surface area contributed by atoms with E-state index in [1.165, 1.54) is 0 Å². The lowest BCUT2D eigenvalue weighted by atomic mass is 9.94. The summed E-state index contributed by atoms with van der Waals surface area (Å²) in [6.07, 6.45) is 0.413. The van der Waals surface area contributed by atoms with E-state index < -0.39 is 14.6 Å². The summed E-state index contributed by atoms with van der Waals surface area (Å²) in [5.41, 5.74) is 5.91. The van der Waals surface area contributed by atoms with E-state index in [0.717, 1.165) is 0 Å². The number of rotatable bonds is 3. The normalized spacial score (nSPS) is 26.5. The van der Waals surface area contributed by atoms with Gasteiger partial charge in [-0.05, 0) is 26.7 Å². The number of hydrogen-bond acceptors (Lipinski definition) is 4. The van der Waals surface area contributed by atoms with Gasteiger partial charge in [0, 0.05) is 25.6 Å². The van der Waals surface area contributed by atoms with Crippen LogP contribution in [0.3, 0.4) is 0 Å². The SMILES string of the molecule is CC1CC(=O)N(CCS(=O)(=O)C(C)(C)C)CC1N. The number of likely N-dealkylation sites (tertiary alicyclic amines) is 1. The predicted molar refractivity (Wildman–Crippen MR) is 71.9 cm³/mol. The highest BCUT2D eigenvalue weighted by Gasteiger charge is 2.33.